The molecule has 12 nitrogen and oxygen atoms in total. The smallest absolute Gasteiger partial charge is 0.408 e. The first-order chi connectivity index (χ1) is 24.8. The van der Waals surface area contributed by atoms with Crippen LogP contribution in [0.5, 0.6) is 0 Å². The number of esters is 1. The second kappa shape index (κ2) is 16.8. The number of halogens is 4. The number of nitrogens with two attached hydrogens (primary N) is 1. The number of alkyl carbamates (subject to hydrolysis) is 1. The van der Waals surface area contributed by atoms with Gasteiger partial charge in [0, 0.05) is 29.4 Å². The summed E-state index contributed by atoms with van der Waals surface area (Å²) in [5.74, 6) is -8.41. The Bertz CT molecular complexity index is 1710. The number of primary amides is 1. The van der Waals surface area contributed by atoms with Crippen molar-refractivity contribution in [1.82, 2.24) is 10.6 Å². The predicted molar refractivity (Wildman–Crippen MR) is 186 cm³/mol. The Morgan fingerprint density at radius 3 is 2.23 bits per heavy atom. The van der Waals surface area contributed by atoms with E-state index in [1.807, 2.05) is 0 Å². The molecule has 0 aromatic heterocycles. The number of ether oxygens (including phenoxy) is 2. The number of alkyl halides is 3. The number of nitrogens with one attached hydrogen (secondary N) is 2. The zero-order chi connectivity index (χ0) is 39.2. The van der Waals surface area contributed by atoms with Crippen molar-refractivity contribution in [3.8, 4) is 0 Å². The third-order valence-corrected chi connectivity index (χ3v) is 8.74. The lowest BCUT2D eigenvalue weighted by Crippen LogP contribution is -2.52. The Balaban J connectivity index is 1.73. The van der Waals surface area contributed by atoms with Gasteiger partial charge in [-0.25, -0.2) is 19.0 Å². The van der Waals surface area contributed by atoms with Gasteiger partial charge in [-0.15, -0.1) is 0 Å². The van der Waals surface area contributed by atoms with Crippen molar-refractivity contribution in [2.45, 2.75) is 90.7 Å². The highest BCUT2D eigenvalue weighted by Crippen LogP contribution is 2.39. The highest BCUT2D eigenvalue weighted by atomic mass is 19.4. The molecule has 4 amide bonds. The van der Waals surface area contributed by atoms with Crippen molar-refractivity contribution in [3.05, 3.63) is 65.5 Å². The molecule has 0 radical (unpaired) electrons. The Morgan fingerprint density at radius 2 is 1.66 bits per heavy atom. The number of anilines is 1. The highest BCUT2D eigenvalue weighted by molar-refractivity contribution is 6.20. The van der Waals surface area contributed by atoms with Gasteiger partial charge in [0.05, 0.1) is 11.4 Å². The van der Waals surface area contributed by atoms with E-state index in [-0.39, 0.29) is 29.3 Å². The summed E-state index contributed by atoms with van der Waals surface area (Å²) in [6, 6.07) is 10.9. The maximum absolute atomic E-state index is 15.8. The van der Waals surface area contributed by atoms with Crippen LogP contribution in [0.25, 0.3) is 0 Å². The van der Waals surface area contributed by atoms with E-state index >= 15 is 4.39 Å². The molecule has 1 heterocycles. The minimum atomic E-state index is -4.66. The molecule has 1 fully saturated rings. The zero-order valence-electron chi connectivity index (χ0n) is 30.2. The minimum Gasteiger partial charge on any atom is -0.444 e. The van der Waals surface area contributed by atoms with E-state index in [9.17, 15) is 37.1 Å². The fraction of sp³-hybridized carbons (Fsp3) is 0.514. The van der Waals surface area contributed by atoms with Crippen LogP contribution >= 0.6 is 0 Å². The normalized spacial score (nSPS) is 17.8. The first-order valence-corrected chi connectivity index (χ1v) is 17.3. The summed E-state index contributed by atoms with van der Waals surface area (Å²) in [6.07, 6.45) is -8.09. The lowest BCUT2D eigenvalue weighted by Gasteiger charge is -2.29. The molecule has 0 spiro atoms. The molecule has 1 saturated carbocycles. The predicted octanol–water partition coefficient (Wildman–Crippen LogP) is 5.36. The number of rotatable bonds is 14. The number of benzene rings is 2. The highest BCUT2D eigenvalue weighted by Gasteiger charge is 2.42. The summed E-state index contributed by atoms with van der Waals surface area (Å²) in [7, 11) is 0. The Labute approximate surface area is 304 Å². The van der Waals surface area contributed by atoms with E-state index in [1.165, 1.54) is 12.1 Å². The maximum atomic E-state index is 15.8. The molecule has 0 bridgehead atoms. The number of nitrogens with zero attached hydrogens (tertiary/aromatic N) is 2. The van der Waals surface area contributed by atoms with Crippen molar-refractivity contribution >= 4 is 41.2 Å². The van der Waals surface area contributed by atoms with Crippen molar-refractivity contribution in [1.29, 1.82) is 0 Å². The van der Waals surface area contributed by atoms with Gasteiger partial charge in [-0.3, -0.25) is 19.3 Å². The van der Waals surface area contributed by atoms with Gasteiger partial charge in [-0.05, 0) is 51.5 Å². The number of amides is 4. The van der Waals surface area contributed by atoms with Crippen LogP contribution in [0, 0.1) is 29.5 Å². The van der Waals surface area contributed by atoms with Crippen molar-refractivity contribution in [2.75, 3.05) is 11.6 Å². The van der Waals surface area contributed by atoms with Crippen LogP contribution in [0.1, 0.15) is 77.8 Å². The topological polar surface area (TPSA) is 169 Å². The molecule has 4 unspecified atom stereocenters. The van der Waals surface area contributed by atoms with E-state index in [0.717, 1.165) is 23.8 Å². The summed E-state index contributed by atoms with van der Waals surface area (Å²) in [4.78, 5) is 71.9. The van der Waals surface area contributed by atoms with Crippen LogP contribution in [0.15, 0.2) is 53.5 Å². The van der Waals surface area contributed by atoms with Gasteiger partial charge in [0.25, 0.3) is 5.91 Å². The number of carbonyl (C=O) groups excluding carboxylic acids is 5. The Hall–Kier alpha value is -5.02. The van der Waals surface area contributed by atoms with Crippen LogP contribution in [0.2, 0.25) is 0 Å². The molecule has 2 aromatic carbocycles. The molecule has 4 rings (SSSR count). The number of hydrogen-bond acceptors (Lipinski definition) is 8. The second-order valence-corrected chi connectivity index (χ2v) is 14.6. The molecule has 4 atom stereocenters. The van der Waals surface area contributed by atoms with E-state index in [0.29, 0.717) is 5.56 Å². The third-order valence-electron chi connectivity index (χ3n) is 8.74. The van der Waals surface area contributed by atoms with Gasteiger partial charge >= 0.3 is 18.2 Å². The Kier molecular flexibility index (Phi) is 12.9. The van der Waals surface area contributed by atoms with Gasteiger partial charge < -0.3 is 25.8 Å². The standard InChI is InChI=1S/C37H45F4N5O7/c1-20(2)27(44-35(51)53-36(3,4)5)34(50)52-19-46-29-24(12-9-13-26(29)38)28(22-10-7-6-8-11-22)43-31(33(46)49)45-32(48)23(16-17-37(39,40)41)25(30(42)47)18-21-14-15-21/h6-13,20-21,23,25,27,31H,14-19H2,1-5H3,(H2,42,47)(H,44,51)(H,45,48). The molecule has 1 aliphatic heterocycles. The first kappa shape index (κ1) is 40.7. The van der Waals surface area contributed by atoms with Crippen molar-refractivity contribution in [3.63, 3.8) is 0 Å². The summed E-state index contributed by atoms with van der Waals surface area (Å²) < 4.78 is 66.9. The maximum Gasteiger partial charge on any atom is 0.408 e. The number of para-hydroxylation sites is 1. The van der Waals surface area contributed by atoms with E-state index in [1.54, 1.807) is 65.0 Å². The van der Waals surface area contributed by atoms with Gasteiger partial charge in [0.2, 0.25) is 18.0 Å². The fourth-order valence-electron chi connectivity index (χ4n) is 5.96. The SMILES string of the molecule is CC(C)C(NC(=O)OC(C)(C)C)C(=O)OCN1C(=O)C(NC(=O)C(CCC(F)(F)F)C(CC2CC2)C(N)=O)N=C(c2ccccc2)c2cccc(F)c21. The van der Waals surface area contributed by atoms with E-state index in [2.05, 4.69) is 15.6 Å². The molecule has 2 aromatic rings. The molecular formula is C37H45F4N5O7. The number of carbonyl (C=O) groups is 5. The molecular weight excluding hydrogens is 702 g/mol. The summed E-state index contributed by atoms with van der Waals surface area (Å²) >= 11 is 0. The quantitative estimate of drug-likeness (QED) is 0.173. The van der Waals surface area contributed by atoms with Crippen LogP contribution in [0.3, 0.4) is 0 Å². The van der Waals surface area contributed by atoms with E-state index < -0.39 is 96.9 Å². The second-order valence-electron chi connectivity index (χ2n) is 14.6. The molecule has 2 aliphatic rings. The molecule has 0 saturated heterocycles. The van der Waals surface area contributed by atoms with Gasteiger partial charge in [-0.1, -0.05) is 69.2 Å². The fourth-order valence-corrected chi connectivity index (χ4v) is 5.96. The van der Waals surface area contributed by atoms with Gasteiger partial charge in [0.15, 0.2) is 6.73 Å². The lowest BCUT2D eigenvalue weighted by atomic mass is 9.83. The lowest BCUT2D eigenvalue weighted by molar-refractivity contribution is -0.149. The van der Waals surface area contributed by atoms with Gasteiger partial charge in [0.1, 0.15) is 17.5 Å². The van der Waals surface area contributed by atoms with Crippen LogP contribution in [0.4, 0.5) is 28.0 Å². The summed E-state index contributed by atoms with van der Waals surface area (Å²) in [5, 5.41) is 4.85. The van der Waals surface area contributed by atoms with Gasteiger partial charge in [-0.2, -0.15) is 13.2 Å². The van der Waals surface area contributed by atoms with Crippen molar-refractivity contribution < 1.29 is 51.0 Å². The number of aliphatic imine (C=N–C) groups is 1. The average molecular weight is 748 g/mol. The number of hydrogen-bond donors (Lipinski definition) is 3. The average Bonchev–Trinajstić information content (AvgIpc) is 3.89. The molecule has 4 N–H and O–H groups in total. The molecule has 1 aliphatic carbocycles. The first-order valence-electron chi connectivity index (χ1n) is 17.3. The van der Waals surface area contributed by atoms with Crippen LogP contribution in [-0.2, 0) is 28.7 Å². The van der Waals surface area contributed by atoms with Crippen LogP contribution in [-0.4, -0.2) is 66.2 Å². The summed E-state index contributed by atoms with van der Waals surface area (Å²) in [5.41, 5.74) is 4.88. The Morgan fingerprint density at radius 1 is 1.00 bits per heavy atom. The monoisotopic (exact) mass is 747 g/mol. The van der Waals surface area contributed by atoms with E-state index in [4.69, 9.17) is 15.2 Å². The zero-order valence-corrected chi connectivity index (χ0v) is 30.2. The van der Waals surface area contributed by atoms with Crippen LogP contribution < -0.4 is 21.3 Å². The number of benzodiazepines with no additional fused rings is 1. The summed E-state index contributed by atoms with van der Waals surface area (Å²) in [6.45, 7) is 7.22. The van der Waals surface area contributed by atoms with Crippen molar-refractivity contribution in [2.24, 2.45) is 34.4 Å². The minimum absolute atomic E-state index is 0.0121. The molecule has 16 heteroatoms. The largest absolute Gasteiger partial charge is 0.444 e. The molecule has 288 valence electrons. The third kappa shape index (κ3) is 11.2. The molecule has 53 heavy (non-hydrogen) atoms. The number of fused-ring (bicyclic) bond motifs is 1.